The number of methoxy groups -OCH3 is 1. The molecule has 0 aromatic heterocycles. The maximum absolute atomic E-state index is 11.3. The lowest BCUT2D eigenvalue weighted by molar-refractivity contribution is -0.143. The first kappa shape index (κ1) is 23.7. The Hall–Kier alpha value is -1.30. The third-order valence-electron chi connectivity index (χ3n) is 5.32. The van der Waals surface area contributed by atoms with E-state index in [4.69, 9.17) is 14.5 Å². The third-order valence-corrected chi connectivity index (χ3v) is 5.32. The molecule has 2 N–H and O–H groups in total. The minimum absolute atomic E-state index is 0.0773. The molecular weight excluding hydrogens is 342 g/mol. The van der Waals surface area contributed by atoms with Crippen LogP contribution in [0.2, 0.25) is 0 Å². The summed E-state index contributed by atoms with van der Waals surface area (Å²) in [5.74, 6) is 0.847. The van der Waals surface area contributed by atoms with Crippen LogP contribution in [0.25, 0.3) is 0 Å². The van der Waals surface area contributed by atoms with Gasteiger partial charge in [0.05, 0.1) is 6.61 Å². The molecule has 6 heteroatoms. The molecule has 1 aliphatic carbocycles. The Balaban J connectivity index is 2.27. The number of carbonyl (C=O) groups excluding carboxylic acids is 1. The summed E-state index contributed by atoms with van der Waals surface area (Å²) >= 11 is 0. The van der Waals surface area contributed by atoms with Crippen LogP contribution in [-0.4, -0.2) is 51.9 Å². The van der Waals surface area contributed by atoms with Crippen molar-refractivity contribution in [1.29, 1.82) is 0 Å². The Kier molecular flexibility index (Phi) is 12.9. The van der Waals surface area contributed by atoms with E-state index in [1.165, 1.54) is 25.7 Å². The molecule has 0 radical (unpaired) electrons. The summed E-state index contributed by atoms with van der Waals surface area (Å²) in [6, 6.07) is 0. The largest absolute Gasteiger partial charge is 0.466 e. The normalized spacial score (nSPS) is 16.3. The Bertz CT molecular complexity index is 421. The first-order valence-corrected chi connectivity index (χ1v) is 10.8. The molecule has 0 spiro atoms. The Morgan fingerprint density at radius 3 is 2.48 bits per heavy atom. The van der Waals surface area contributed by atoms with Crippen LogP contribution in [0.5, 0.6) is 0 Å². The lowest BCUT2D eigenvalue weighted by Gasteiger charge is -2.27. The monoisotopic (exact) mass is 383 g/mol. The quantitative estimate of drug-likeness (QED) is 0.207. The van der Waals surface area contributed by atoms with Crippen LogP contribution >= 0.6 is 0 Å². The number of esters is 1. The zero-order valence-corrected chi connectivity index (χ0v) is 17.8. The molecule has 0 heterocycles. The van der Waals surface area contributed by atoms with Crippen molar-refractivity contribution in [2.24, 2.45) is 10.4 Å². The second kappa shape index (κ2) is 14.7. The highest BCUT2D eigenvalue weighted by Crippen LogP contribution is 2.41. The molecule has 0 bridgehead atoms. The van der Waals surface area contributed by atoms with Gasteiger partial charge in [0.25, 0.3) is 0 Å². The van der Waals surface area contributed by atoms with Crippen molar-refractivity contribution < 1.29 is 14.3 Å². The molecule has 0 saturated heterocycles. The smallest absolute Gasteiger partial charge is 0.305 e. The summed E-state index contributed by atoms with van der Waals surface area (Å²) in [7, 11) is 1.78. The summed E-state index contributed by atoms with van der Waals surface area (Å²) in [6.07, 6.45) is 11.0. The molecule has 1 saturated carbocycles. The number of hydrogen-bond donors (Lipinski definition) is 2. The molecule has 0 aliphatic heterocycles. The molecule has 1 rings (SSSR count). The van der Waals surface area contributed by atoms with E-state index in [1.807, 2.05) is 6.92 Å². The predicted molar refractivity (Wildman–Crippen MR) is 111 cm³/mol. The van der Waals surface area contributed by atoms with E-state index >= 15 is 0 Å². The summed E-state index contributed by atoms with van der Waals surface area (Å²) in [5, 5.41) is 6.81. The van der Waals surface area contributed by atoms with Gasteiger partial charge in [-0.25, -0.2) is 0 Å². The number of nitrogens with zero attached hydrogens (tertiary/aromatic N) is 1. The number of nitrogens with one attached hydrogen (secondary N) is 2. The lowest BCUT2D eigenvalue weighted by atomic mass is 9.83. The van der Waals surface area contributed by atoms with Gasteiger partial charge in [-0.15, -0.1) is 0 Å². The maximum Gasteiger partial charge on any atom is 0.305 e. The van der Waals surface area contributed by atoms with Gasteiger partial charge in [-0.3, -0.25) is 9.79 Å². The van der Waals surface area contributed by atoms with Crippen molar-refractivity contribution in [2.45, 2.75) is 78.1 Å². The average Bonchev–Trinajstić information content (AvgIpc) is 3.13. The number of ether oxygens (including phenoxy) is 2. The highest BCUT2D eigenvalue weighted by atomic mass is 16.5. The van der Waals surface area contributed by atoms with Crippen molar-refractivity contribution >= 4 is 11.9 Å². The molecule has 27 heavy (non-hydrogen) atoms. The van der Waals surface area contributed by atoms with Crippen LogP contribution < -0.4 is 10.6 Å². The number of carbonyl (C=O) groups is 1. The molecule has 0 unspecified atom stereocenters. The summed E-state index contributed by atoms with van der Waals surface area (Å²) < 4.78 is 10.3. The number of unbranched alkanes of at least 4 members (excludes halogenated alkanes) is 3. The van der Waals surface area contributed by atoms with Crippen molar-refractivity contribution in [1.82, 2.24) is 10.6 Å². The minimum Gasteiger partial charge on any atom is -0.466 e. The molecule has 0 aromatic carbocycles. The van der Waals surface area contributed by atoms with Gasteiger partial charge in [0.15, 0.2) is 5.96 Å². The molecule has 158 valence electrons. The second-order valence-electron chi connectivity index (χ2n) is 7.54. The fraction of sp³-hybridized carbons (Fsp3) is 0.905. The van der Waals surface area contributed by atoms with Gasteiger partial charge in [0.2, 0.25) is 0 Å². The Morgan fingerprint density at radius 1 is 1.07 bits per heavy atom. The second-order valence-corrected chi connectivity index (χ2v) is 7.54. The number of rotatable bonds is 14. The van der Waals surface area contributed by atoms with Crippen LogP contribution in [0.3, 0.4) is 0 Å². The predicted octanol–water partition coefficient (Wildman–Crippen LogP) is 3.65. The van der Waals surface area contributed by atoms with Crippen molar-refractivity contribution in [2.75, 3.05) is 40.0 Å². The van der Waals surface area contributed by atoms with E-state index in [2.05, 4.69) is 17.6 Å². The first-order chi connectivity index (χ1) is 13.2. The minimum atomic E-state index is -0.0773. The van der Waals surface area contributed by atoms with Gasteiger partial charge < -0.3 is 20.1 Å². The zero-order valence-electron chi connectivity index (χ0n) is 17.8. The molecule has 0 amide bonds. The summed E-state index contributed by atoms with van der Waals surface area (Å²) in [6.45, 7) is 7.91. The van der Waals surface area contributed by atoms with Gasteiger partial charge >= 0.3 is 5.97 Å². The van der Waals surface area contributed by atoms with Crippen molar-refractivity contribution in [3.05, 3.63) is 0 Å². The molecule has 1 aliphatic rings. The van der Waals surface area contributed by atoms with Gasteiger partial charge in [-0.05, 0) is 51.4 Å². The molecule has 0 aromatic rings. The van der Waals surface area contributed by atoms with Gasteiger partial charge in [-0.2, -0.15) is 0 Å². The number of guanidine groups is 1. The lowest BCUT2D eigenvalue weighted by Crippen LogP contribution is -2.39. The highest BCUT2D eigenvalue weighted by Gasteiger charge is 2.33. The van der Waals surface area contributed by atoms with E-state index in [0.717, 1.165) is 64.3 Å². The van der Waals surface area contributed by atoms with Crippen LogP contribution in [0.1, 0.15) is 78.1 Å². The number of hydrogen-bond acceptors (Lipinski definition) is 4. The fourth-order valence-electron chi connectivity index (χ4n) is 3.71. The topological polar surface area (TPSA) is 72.0 Å². The van der Waals surface area contributed by atoms with E-state index in [1.54, 1.807) is 7.11 Å². The number of aliphatic imine (C=N–C) groups is 1. The Labute approximate surface area is 165 Å². The molecule has 6 nitrogen and oxygen atoms in total. The van der Waals surface area contributed by atoms with Crippen LogP contribution in [0.15, 0.2) is 4.99 Å². The van der Waals surface area contributed by atoms with Crippen molar-refractivity contribution in [3.8, 4) is 0 Å². The van der Waals surface area contributed by atoms with Crippen LogP contribution in [-0.2, 0) is 14.3 Å². The SMILES string of the molecule is CCNC(=NCC1(CCOC)CCCC1)NCCCCCCC(=O)OCC. The standard InChI is InChI=1S/C21H41N3O3/c1-4-22-20(23-16-11-7-6-8-12-19(25)27-5-2)24-18-21(15-17-26-3)13-9-10-14-21/h4-18H2,1-3H3,(H2,22,23,24). The maximum atomic E-state index is 11.3. The Morgan fingerprint density at radius 2 is 1.81 bits per heavy atom. The van der Waals surface area contributed by atoms with Crippen LogP contribution in [0, 0.1) is 5.41 Å². The van der Waals surface area contributed by atoms with E-state index in [9.17, 15) is 4.79 Å². The fourth-order valence-corrected chi connectivity index (χ4v) is 3.71. The molecule has 1 fully saturated rings. The van der Waals surface area contributed by atoms with Crippen molar-refractivity contribution in [3.63, 3.8) is 0 Å². The highest BCUT2D eigenvalue weighted by molar-refractivity contribution is 5.79. The third kappa shape index (κ3) is 10.6. The van der Waals surface area contributed by atoms with Gasteiger partial charge in [0.1, 0.15) is 0 Å². The summed E-state index contributed by atoms with van der Waals surface area (Å²) in [4.78, 5) is 16.2. The summed E-state index contributed by atoms with van der Waals surface area (Å²) in [5.41, 5.74) is 0.325. The van der Waals surface area contributed by atoms with E-state index < -0.39 is 0 Å². The van der Waals surface area contributed by atoms with Gasteiger partial charge in [-0.1, -0.05) is 25.7 Å². The first-order valence-electron chi connectivity index (χ1n) is 10.8. The van der Waals surface area contributed by atoms with E-state index in [0.29, 0.717) is 18.4 Å². The molecule has 0 atom stereocenters. The average molecular weight is 384 g/mol. The van der Waals surface area contributed by atoms with Gasteiger partial charge in [0, 0.05) is 39.8 Å². The zero-order chi connectivity index (χ0) is 19.8. The molecular formula is C21H41N3O3. The van der Waals surface area contributed by atoms with Crippen LogP contribution in [0.4, 0.5) is 0 Å². The van der Waals surface area contributed by atoms with E-state index in [-0.39, 0.29) is 5.97 Å².